The highest BCUT2D eigenvalue weighted by Gasteiger charge is 2.09. The first-order chi connectivity index (χ1) is 11.8. The Labute approximate surface area is 168 Å². The van der Waals surface area contributed by atoms with Crippen LogP contribution in [0.5, 0.6) is 11.5 Å². The van der Waals surface area contributed by atoms with Crippen molar-refractivity contribution < 1.29 is 9.47 Å². The zero-order valence-electron chi connectivity index (χ0n) is 15.1. The number of ether oxygens (including phenoxy) is 2. The Hall–Kier alpha value is -1.46. The molecule has 144 valence electrons. The van der Waals surface area contributed by atoms with Crippen molar-refractivity contribution in [2.24, 2.45) is 0 Å². The molecular weight excluding hydrogens is 371 g/mol. The van der Waals surface area contributed by atoms with Gasteiger partial charge in [-0.05, 0) is 36.8 Å². The van der Waals surface area contributed by atoms with Gasteiger partial charge in [0.1, 0.15) is 24.7 Å². The van der Waals surface area contributed by atoms with Crippen molar-refractivity contribution in [2.45, 2.75) is 13.5 Å². The topological polar surface area (TPSA) is 33.7 Å². The molecule has 0 spiro atoms. The van der Waals surface area contributed by atoms with E-state index in [2.05, 4.69) is 29.3 Å². The SMILES string of the molecule is Cc1ccc(OCCOc2ccc(CN3CCNCC3)cc2)cc1.Cl.Cl. The van der Waals surface area contributed by atoms with Crippen LogP contribution in [0.15, 0.2) is 48.5 Å². The number of rotatable bonds is 7. The van der Waals surface area contributed by atoms with Crippen molar-refractivity contribution in [1.29, 1.82) is 0 Å². The molecule has 2 aromatic carbocycles. The lowest BCUT2D eigenvalue weighted by atomic mass is 10.2. The van der Waals surface area contributed by atoms with E-state index in [9.17, 15) is 0 Å². The predicted molar refractivity (Wildman–Crippen MR) is 111 cm³/mol. The summed E-state index contributed by atoms with van der Waals surface area (Å²) in [6.45, 7) is 8.58. The van der Waals surface area contributed by atoms with E-state index in [-0.39, 0.29) is 24.8 Å². The summed E-state index contributed by atoms with van der Waals surface area (Å²) in [5.41, 5.74) is 2.57. The Morgan fingerprint density at radius 1 is 0.808 bits per heavy atom. The van der Waals surface area contributed by atoms with E-state index in [1.165, 1.54) is 11.1 Å². The summed E-state index contributed by atoms with van der Waals surface area (Å²) in [5.74, 6) is 1.78. The van der Waals surface area contributed by atoms with Crippen LogP contribution in [0.3, 0.4) is 0 Å². The zero-order chi connectivity index (χ0) is 16.6. The lowest BCUT2D eigenvalue weighted by Crippen LogP contribution is -2.42. The smallest absolute Gasteiger partial charge is 0.122 e. The van der Waals surface area contributed by atoms with Crippen LogP contribution in [0, 0.1) is 6.92 Å². The van der Waals surface area contributed by atoms with Crippen LogP contribution >= 0.6 is 24.8 Å². The molecule has 0 aliphatic carbocycles. The summed E-state index contributed by atoms with van der Waals surface area (Å²) in [6.07, 6.45) is 0. The predicted octanol–water partition coefficient (Wildman–Crippen LogP) is 3.70. The van der Waals surface area contributed by atoms with Gasteiger partial charge in [-0.25, -0.2) is 0 Å². The molecule has 0 bridgehead atoms. The molecule has 0 aromatic heterocycles. The van der Waals surface area contributed by atoms with Crippen LogP contribution in [-0.2, 0) is 6.54 Å². The zero-order valence-corrected chi connectivity index (χ0v) is 16.8. The van der Waals surface area contributed by atoms with Gasteiger partial charge in [0.25, 0.3) is 0 Å². The van der Waals surface area contributed by atoms with Gasteiger partial charge in [0.15, 0.2) is 0 Å². The first kappa shape index (κ1) is 22.6. The summed E-state index contributed by atoms with van der Waals surface area (Å²) in [5, 5.41) is 3.38. The summed E-state index contributed by atoms with van der Waals surface area (Å²) >= 11 is 0. The van der Waals surface area contributed by atoms with Crippen LogP contribution in [0.1, 0.15) is 11.1 Å². The Bertz CT molecular complexity index is 615. The molecular formula is C20H28Cl2N2O2. The van der Waals surface area contributed by atoms with Gasteiger partial charge in [-0.1, -0.05) is 29.8 Å². The van der Waals surface area contributed by atoms with Gasteiger partial charge in [0.2, 0.25) is 0 Å². The van der Waals surface area contributed by atoms with Gasteiger partial charge < -0.3 is 14.8 Å². The van der Waals surface area contributed by atoms with Crippen molar-refractivity contribution in [2.75, 3.05) is 39.4 Å². The van der Waals surface area contributed by atoms with Crippen molar-refractivity contribution in [3.63, 3.8) is 0 Å². The fourth-order valence-corrected chi connectivity index (χ4v) is 2.77. The summed E-state index contributed by atoms with van der Waals surface area (Å²) in [6, 6.07) is 16.5. The standard InChI is InChI=1S/C20H26N2O2.2ClH/c1-17-2-6-19(7-3-17)23-14-15-24-20-8-4-18(5-9-20)16-22-12-10-21-11-13-22;;/h2-9,21H,10-16H2,1H3;2*1H. The summed E-state index contributed by atoms with van der Waals surface area (Å²) < 4.78 is 11.4. The highest BCUT2D eigenvalue weighted by molar-refractivity contribution is 5.85. The molecule has 1 saturated heterocycles. The van der Waals surface area contributed by atoms with Crippen LogP contribution in [0.2, 0.25) is 0 Å². The fourth-order valence-electron chi connectivity index (χ4n) is 2.77. The van der Waals surface area contributed by atoms with Gasteiger partial charge in [0, 0.05) is 32.7 Å². The molecule has 1 heterocycles. The molecule has 1 N–H and O–H groups in total. The second kappa shape index (κ2) is 12.0. The molecule has 1 aliphatic rings. The molecule has 0 amide bonds. The van der Waals surface area contributed by atoms with Gasteiger partial charge in [-0.15, -0.1) is 24.8 Å². The minimum Gasteiger partial charge on any atom is -0.490 e. The molecule has 1 fully saturated rings. The van der Waals surface area contributed by atoms with Crippen molar-refractivity contribution >= 4 is 24.8 Å². The molecule has 26 heavy (non-hydrogen) atoms. The average Bonchev–Trinajstić information content (AvgIpc) is 2.62. The average molecular weight is 399 g/mol. The molecule has 0 atom stereocenters. The molecule has 1 aliphatic heterocycles. The maximum absolute atomic E-state index is 5.75. The van der Waals surface area contributed by atoms with Crippen LogP contribution < -0.4 is 14.8 Å². The van der Waals surface area contributed by atoms with E-state index in [0.717, 1.165) is 44.2 Å². The van der Waals surface area contributed by atoms with Crippen LogP contribution in [0.25, 0.3) is 0 Å². The highest BCUT2D eigenvalue weighted by Crippen LogP contribution is 2.15. The van der Waals surface area contributed by atoms with E-state index >= 15 is 0 Å². The van der Waals surface area contributed by atoms with E-state index in [4.69, 9.17) is 9.47 Å². The van der Waals surface area contributed by atoms with Gasteiger partial charge in [-0.2, -0.15) is 0 Å². The molecule has 0 saturated carbocycles. The highest BCUT2D eigenvalue weighted by atomic mass is 35.5. The lowest BCUT2D eigenvalue weighted by Gasteiger charge is -2.27. The molecule has 6 heteroatoms. The van der Waals surface area contributed by atoms with Crippen molar-refractivity contribution in [3.05, 3.63) is 59.7 Å². The summed E-state index contributed by atoms with van der Waals surface area (Å²) in [4.78, 5) is 2.47. The number of hydrogen-bond acceptors (Lipinski definition) is 4. The second-order valence-corrected chi connectivity index (χ2v) is 6.18. The van der Waals surface area contributed by atoms with Crippen molar-refractivity contribution in [1.82, 2.24) is 10.2 Å². The Kier molecular flexibility index (Phi) is 10.4. The minimum atomic E-state index is 0. The number of aryl methyl sites for hydroxylation is 1. The lowest BCUT2D eigenvalue weighted by molar-refractivity contribution is 0.216. The monoisotopic (exact) mass is 398 g/mol. The molecule has 3 rings (SSSR count). The largest absolute Gasteiger partial charge is 0.490 e. The van der Waals surface area contributed by atoms with E-state index in [0.29, 0.717) is 13.2 Å². The first-order valence-corrected chi connectivity index (χ1v) is 8.64. The Morgan fingerprint density at radius 2 is 1.31 bits per heavy atom. The Morgan fingerprint density at radius 3 is 1.85 bits per heavy atom. The number of hydrogen-bond donors (Lipinski definition) is 1. The van der Waals surface area contributed by atoms with Crippen molar-refractivity contribution in [3.8, 4) is 11.5 Å². The first-order valence-electron chi connectivity index (χ1n) is 8.64. The maximum atomic E-state index is 5.75. The number of piperazine rings is 1. The van der Waals surface area contributed by atoms with E-state index < -0.39 is 0 Å². The van der Waals surface area contributed by atoms with Crippen LogP contribution in [0.4, 0.5) is 0 Å². The normalized spacial score (nSPS) is 14.0. The van der Waals surface area contributed by atoms with Gasteiger partial charge in [0.05, 0.1) is 0 Å². The third-order valence-corrected chi connectivity index (χ3v) is 4.18. The molecule has 4 nitrogen and oxygen atoms in total. The van der Waals surface area contributed by atoms with E-state index in [1.54, 1.807) is 0 Å². The minimum absolute atomic E-state index is 0. The summed E-state index contributed by atoms with van der Waals surface area (Å²) in [7, 11) is 0. The number of nitrogens with one attached hydrogen (secondary N) is 1. The fraction of sp³-hybridized carbons (Fsp3) is 0.400. The number of halogens is 2. The van der Waals surface area contributed by atoms with Gasteiger partial charge in [-0.3, -0.25) is 4.90 Å². The van der Waals surface area contributed by atoms with Gasteiger partial charge >= 0.3 is 0 Å². The third-order valence-electron chi connectivity index (χ3n) is 4.18. The maximum Gasteiger partial charge on any atom is 0.122 e. The molecule has 0 unspecified atom stereocenters. The third kappa shape index (κ3) is 7.42. The Balaban J connectivity index is 0.00000169. The molecule has 0 radical (unpaired) electrons. The number of nitrogens with zero attached hydrogens (tertiary/aromatic N) is 1. The number of benzene rings is 2. The van der Waals surface area contributed by atoms with Crippen LogP contribution in [-0.4, -0.2) is 44.3 Å². The quantitative estimate of drug-likeness (QED) is 0.720. The molecule has 2 aromatic rings. The van der Waals surface area contributed by atoms with E-state index in [1.807, 2.05) is 36.4 Å². The second-order valence-electron chi connectivity index (χ2n) is 6.18.